The largest absolute Gasteiger partial charge is 0.398 e. The Kier molecular flexibility index (Phi) is 4.43. The maximum atomic E-state index is 12.9. The Labute approximate surface area is 121 Å². The van der Waals surface area contributed by atoms with Crippen molar-refractivity contribution in [1.29, 1.82) is 0 Å². The molecule has 2 rings (SSSR count). The van der Waals surface area contributed by atoms with Crippen LogP contribution in [0.1, 0.15) is 12.5 Å². The minimum absolute atomic E-state index is 0.219. The summed E-state index contributed by atoms with van der Waals surface area (Å²) < 4.78 is 13.9. The highest BCUT2D eigenvalue weighted by Crippen LogP contribution is 2.23. The zero-order valence-electron chi connectivity index (χ0n) is 10.7. The lowest BCUT2D eigenvalue weighted by Crippen LogP contribution is -2.22. The number of anilines is 2. The summed E-state index contributed by atoms with van der Waals surface area (Å²) in [6.45, 7) is 3.61. The van der Waals surface area contributed by atoms with Crippen LogP contribution in [0, 0.1) is 5.82 Å². The Balaban J connectivity index is 2.21. The minimum Gasteiger partial charge on any atom is -0.398 e. The molecule has 0 unspecified atom stereocenters. The van der Waals surface area contributed by atoms with E-state index in [9.17, 15) is 4.39 Å². The van der Waals surface area contributed by atoms with Gasteiger partial charge in [-0.05, 0) is 48.9 Å². The Bertz CT molecular complexity index is 555. The van der Waals surface area contributed by atoms with Crippen LogP contribution < -0.4 is 10.6 Å². The topological polar surface area (TPSA) is 29.3 Å². The fraction of sp³-hybridized carbons (Fsp3) is 0.200. The van der Waals surface area contributed by atoms with Gasteiger partial charge in [-0.2, -0.15) is 0 Å². The second-order valence-corrected chi connectivity index (χ2v) is 5.25. The molecule has 0 saturated heterocycles. The summed E-state index contributed by atoms with van der Waals surface area (Å²) in [5.41, 5.74) is 8.83. The van der Waals surface area contributed by atoms with Gasteiger partial charge in [0.05, 0.1) is 0 Å². The van der Waals surface area contributed by atoms with Crippen molar-refractivity contribution in [3.8, 4) is 0 Å². The van der Waals surface area contributed by atoms with E-state index in [0.29, 0.717) is 6.54 Å². The third-order valence-electron chi connectivity index (χ3n) is 3.04. The van der Waals surface area contributed by atoms with Crippen LogP contribution in [0.15, 0.2) is 46.9 Å². The van der Waals surface area contributed by atoms with Crippen LogP contribution in [0.3, 0.4) is 0 Å². The van der Waals surface area contributed by atoms with Gasteiger partial charge in [-0.15, -0.1) is 0 Å². The average molecular weight is 323 g/mol. The average Bonchev–Trinajstić information content (AvgIpc) is 2.39. The van der Waals surface area contributed by atoms with Gasteiger partial charge in [0.1, 0.15) is 5.82 Å². The summed E-state index contributed by atoms with van der Waals surface area (Å²) in [7, 11) is 0. The maximum absolute atomic E-state index is 12.9. The Morgan fingerprint density at radius 2 is 1.84 bits per heavy atom. The van der Waals surface area contributed by atoms with E-state index in [1.165, 1.54) is 12.1 Å². The molecule has 0 amide bonds. The second-order valence-electron chi connectivity index (χ2n) is 4.33. The van der Waals surface area contributed by atoms with Crippen molar-refractivity contribution in [2.45, 2.75) is 13.5 Å². The van der Waals surface area contributed by atoms with Crippen molar-refractivity contribution in [2.75, 3.05) is 17.2 Å². The molecule has 100 valence electrons. The van der Waals surface area contributed by atoms with E-state index in [1.807, 2.05) is 18.2 Å². The number of nitrogens with zero attached hydrogens (tertiary/aromatic N) is 1. The van der Waals surface area contributed by atoms with Crippen LogP contribution in [-0.2, 0) is 6.54 Å². The third-order valence-corrected chi connectivity index (χ3v) is 3.54. The Morgan fingerprint density at radius 1 is 1.16 bits per heavy atom. The van der Waals surface area contributed by atoms with E-state index in [2.05, 4.69) is 27.8 Å². The zero-order valence-corrected chi connectivity index (χ0v) is 12.3. The van der Waals surface area contributed by atoms with E-state index >= 15 is 0 Å². The van der Waals surface area contributed by atoms with Crippen molar-refractivity contribution in [3.63, 3.8) is 0 Å². The van der Waals surface area contributed by atoms with Crippen LogP contribution in [0.2, 0.25) is 0 Å². The molecule has 0 spiro atoms. The van der Waals surface area contributed by atoms with Crippen molar-refractivity contribution < 1.29 is 4.39 Å². The Morgan fingerprint density at radius 3 is 2.42 bits per heavy atom. The van der Waals surface area contributed by atoms with Crippen molar-refractivity contribution in [2.24, 2.45) is 0 Å². The van der Waals surface area contributed by atoms with Gasteiger partial charge in [0.15, 0.2) is 0 Å². The van der Waals surface area contributed by atoms with Gasteiger partial charge >= 0.3 is 0 Å². The number of nitrogens with two attached hydrogens (primary N) is 1. The molecular formula is C15H16BrFN2. The van der Waals surface area contributed by atoms with Crippen LogP contribution in [0.4, 0.5) is 15.8 Å². The first-order valence-electron chi connectivity index (χ1n) is 6.14. The second kappa shape index (κ2) is 6.06. The predicted molar refractivity (Wildman–Crippen MR) is 81.7 cm³/mol. The van der Waals surface area contributed by atoms with Crippen LogP contribution in [0.5, 0.6) is 0 Å². The summed E-state index contributed by atoms with van der Waals surface area (Å²) in [4.78, 5) is 2.15. The molecule has 0 heterocycles. The lowest BCUT2D eigenvalue weighted by Gasteiger charge is -2.24. The van der Waals surface area contributed by atoms with Crippen LogP contribution in [0.25, 0.3) is 0 Å². The molecule has 2 N–H and O–H groups in total. The molecule has 2 nitrogen and oxygen atoms in total. The summed E-state index contributed by atoms with van der Waals surface area (Å²) >= 11 is 3.40. The van der Waals surface area contributed by atoms with Crippen molar-refractivity contribution in [3.05, 3.63) is 58.3 Å². The zero-order chi connectivity index (χ0) is 13.8. The number of hydrogen-bond acceptors (Lipinski definition) is 2. The quantitative estimate of drug-likeness (QED) is 0.855. The van der Waals surface area contributed by atoms with Crippen molar-refractivity contribution >= 4 is 27.3 Å². The van der Waals surface area contributed by atoms with E-state index < -0.39 is 0 Å². The molecule has 0 aliphatic heterocycles. The lowest BCUT2D eigenvalue weighted by molar-refractivity contribution is 0.627. The van der Waals surface area contributed by atoms with Gasteiger partial charge in [0.2, 0.25) is 0 Å². The molecule has 19 heavy (non-hydrogen) atoms. The smallest absolute Gasteiger partial charge is 0.123 e. The maximum Gasteiger partial charge on any atom is 0.123 e. The molecular weight excluding hydrogens is 307 g/mol. The number of halogens is 2. The van der Waals surface area contributed by atoms with E-state index in [0.717, 1.165) is 28.0 Å². The van der Waals surface area contributed by atoms with Gasteiger partial charge in [-0.1, -0.05) is 22.0 Å². The van der Waals surface area contributed by atoms with Crippen molar-refractivity contribution in [1.82, 2.24) is 0 Å². The summed E-state index contributed by atoms with van der Waals surface area (Å²) in [5.74, 6) is -0.219. The molecule has 0 atom stereocenters. The monoisotopic (exact) mass is 322 g/mol. The van der Waals surface area contributed by atoms with Crippen LogP contribution in [-0.4, -0.2) is 6.54 Å². The first-order chi connectivity index (χ1) is 9.10. The number of hydrogen-bond donors (Lipinski definition) is 1. The van der Waals surface area contributed by atoms with Crippen LogP contribution >= 0.6 is 15.9 Å². The van der Waals surface area contributed by atoms with Gasteiger partial charge in [-0.3, -0.25) is 0 Å². The van der Waals surface area contributed by atoms with E-state index in [1.54, 1.807) is 12.1 Å². The van der Waals surface area contributed by atoms with Gasteiger partial charge in [0, 0.05) is 28.9 Å². The lowest BCUT2D eigenvalue weighted by atomic mass is 10.1. The standard InChI is InChI=1S/C15H16BrFN2/c1-2-19(14-7-5-13(17)6-8-14)10-11-3-4-12(16)9-15(11)18/h3-9H,2,10,18H2,1H3. The van der Waals surface area contributed by atoms with Gasteiger partial charge in [-0.25, -0.2) is 4.39 Å². The highest BCUT2D eigenvalue weighted by molar-refractivity contribution is 9.10. The first-order valence-corrected chi connectivity index (χ1v) is 6.94. The van der Waals surface area contributed by atoms with Gasteiger partial charge in [0.25, 0.3) is 0 Å². The molecule has 0 radical (unpaired) electrons. The summed E-state index contributed by atoms with van der Waals surface area (Å²) in [6, 6.07) is 12.4. The number of benzene rings is 2. The fourth-order valence-electron chi connectivity index (χ4n) is 1.95. The molecule has 2 aromatic rings. The highest BCUT2D eigenvalue weighted by Gasteiger charge is 2.08. The number of rotatable bonds is 4. The molecule has 0 fully saturated rings. The molecule has 0 aromatic heterocycles. The fourth-order valence-corrected chi connectivity index (χ4v) is 2.33. The molecule has 0 aliphatic rings. The molecule has 2 aromatic carbocycles. The minimum atomic E-state index is -0.219. The molecule has 4 heteroatoms. The summed E-state index contributed by atoms with van der Waals surface area (Å²) in [5, 5.41) is 0. The molecule has 0 saturated carbocycles. The highest BCUT2D eigenvalue weighted by atomic mass is 79.9. The predicted octanol–water partition coefficient (Wildman–Crippen LogP) is 4.20. The SMILES string of the molecule is CCN(Cc1ccc(Br)cc1N)c1ccc(F)cc1. The van der Waals surface area contributed by atoms with E-state index in [-0.39, 0.29) is 5.82 Å². The number of nitrogen functional groups attached to an aromatic ring is 1. The molecule has 0 bridgehead atoms. The third kappa shape index (κ3) is 3.47. The Hall–Kier alpha value is -1.55. The van der Waals surface area contributed by atoms with E-state index in [4.69, 9.17) is 5.73 Å². The summed E-state index contributed by atoms with van der Waals surface area (Å²) in [6.07, 6.45) is 0. The first kappa shape index (κ1) is 13.9. The van der Waals surface area contributed by atoms with Gasteiger partial charge < -0.3 is 10.6 Å². The molecule has 0 aliphatic carbocycles. The normalized spacial score (nSPS) is 10.5.